The van der Waals surface area contributed by atoms with Gasteiger partial charge in [-0.15, -0.1) is 0 Å². The van der Waals surface area contributed by atoms with E-state index < -0.39 is 59.6 Å². The van der Waals surface area contributed by atoms with E-state index in [9.17, 15) is 40.2 Å². The standard InChI is InChI=1S/C36H56O10/c1-31(2)13-15-36(30(43)44)16-14-34(5)19(20(36)17-31)7-8-22-32(3)11-10-23(33(4,18-37)21(32)9-12-35(22,34)6)45-29-26(40)24(38)25(39)27(46-29)28(41)42/h7,20-27,29,37-40H,8-18H2,1-6H3,(H,41,42)(H,43,44)/t20-,21?,22+,23-,24-,25-,26+,27-,29+,32-,33-,34+,35+,36-/m0/s1. The van der Waals surface area contributed by atoms with Crippen LogP contribution in [0.3, 0.4) is 0 Å². The first-order valence-corrected chi connectivity index (χ1v) is 17.4. The van der Waals surface area contributed by atoms with Crippen molar-refractivity contribution in [3.05, 3.63) is 11.6 Å². The molecular weight excluding hydrogens is 592 g/mol. The van der Waals surface area contributed by atoms with Crippen LogP contribution in [0.1, 0.15) is 106 Å². The largest absolute Gasteiger partial charge is 0.481 e. The number of aliphatic hydroxyl groups is 4. The van der Waals surface area contributed by atoms with Crippen molar-refractivity contribution in [2.24, 2.45) is 50.2 Å². The molecule has 1 aliphatic heterocycles. The number of hydrogen-bond donors (Lipinski definition) is 6. The van der Waals surface area contributed by atoms with Crippen LogP contribution >= 0.6 is 0 Å². The van der Waals surface area contributed by atoms with Gasteiger partial charge in [0.2, 0.25) is 0 Å². The minimum Gasteiger partial charge on any atom is -0.481 e. The third-order valence-electron chi connectivity index (χ3n) is 15.3. The van der Waals surface area contributed by atoms with Gasteiger partial charge in [-0.1, -0.05) is 53.2 Å². The van der Waals surface area contributed by atoms with Crippen molar-refractivity contribution >= 4 is 11.9 Å². The van der Waals surface area contributed by atoms with E-state index in [1.54, 1.807) is 0 Å². The zero-order valence-electron chi connectivity index (χ0n) is 28.4. The van der Waals surface area contributed by atoms with Gasteiger partial charge in [0.05, 0.1) is 18.1 Å². The molecule has 1 unspecified atom stereocenters. The Morgan fingerprint density at radius 1 is 0.870 bits per heavy atom. The van der Waals surface area contributed by atoms with Crippen LogP contribution in [-0.2, 0) is 19.1 Å². The topological polar surface area (TPSA) is 174 Å². The molecule has 0 bridgehead atoms. The maximum atomic E-state index is 12.9. The van der Waals surface area contributed by atoms with Gasteiger partial charge in [0.1, 0.15) is 18.3 Å². The number of rotatable bonds is 5. The number of fused-ring (bicyclic) bond motifs is 7. The molecule has 6 rings (SSSR count). The van der Waals surface area contributed by atoms with E-state index in [-0.39, 0.29) is 40.1 Å². The number of carboxylic acids is 2. The minimum atomic E-state index is -1.80. The van der Waals surface area contributed by atoms with Gasteiger partial charge in [0, 0.05) is 5.41 Å². The van der Waals surface area contributed by atoms with Crippen LogP contribution in [0.2, 0.25) is 0 Å². The molecule has 0 amide bonds. The van der Waals surface area contributed by atoms with Crippen molar-refractivity contribution < 1.29 is 49.7 Å². The SMILES string of the molecule is CC1(C)CC[C@]2(C(=O)O)CC[C@]3(C)C(=CC[C@@H]4[C@@]5(C)CC[C@H](O[C@@H]6O[C@H](C(=O)O)[C@@H](O)[C@H](O)[C@H]6O)[C@@](C)(CO)C5CC[C@]43C)[C@@H]2C1. The van der Waals surface area contributed by atoms with E-state index in [1.165, 1.54) is 5.57 Å². The summed E-state index contributed by atoms with van der Waals surface area (Å²) < 4.78 is 11.8. The second kappa shape index (κ2) is 11.0. The van der Waals surface area contributed by atoms with Gasteiger partial charge in [0.25, 0.3) is 0 Å². The van der Waals surface area contributed by atoms with Gasteiger partial charge in [-0.3, -0.25) is 4.79 Å². The summed E-state index contributed by atoms with van der Waals surface area (Å²) in [4.78, 5) is 24.7. The third kappa shape index (κ3) is 4.56. The van der Waals surface area contributed by atoms with Crippen molar-refractivity contribution in [2.75, 3.05) is 6.61 Å². The Labute approximate surface area is 272 Å². The lowest BCUT2D eigenvalue weighted by molar-refractivity contribution is -0.327. The smallest absolute Gasteiger partial charge is 0.335 e. The molecule has 0 spiro atoms. The van der Waals surface area contributed by atoms with Gasteiger partial charge < -0.3 is 40.1 Å². The molecule has 1 heterocycles. The lowest BCUT2D eigenvalue weighted by atomic mass is 9.33. The Kier molecular flexibility index (Phi) is 8.18. The number of aliphatic hydroxyl groups excluding tert-OH is 4. The zero-order valence-corrected chi connectivity index (χ0v) is 28.4. The molecule has 1 saturated heterocycles. The summed E-state index contributed by atoms with van der Waals surface area (Å²) in [6.45, 7) is 13.6. The quantitative estimate of drug-likeness (QED) is 0.188. The normalized spacial score (nSPS) is 53.1. The first-order valence-electron chi connectivity index (χ1n) is 17.4. The number of allylic oxidation sites excluding steroid dienone is 2. The van der Waals surface area contributed by atoms with E-state index in [0.717, 1.165) is 51.4 Å². The highest BCUT2D eigenvalue weighted by Gasteiger charge is 2.70. The number of ether oxygens (including phenoxy) is 2. The monoisotopic (exact) mass is 648 g/mol. The van der Waals surface area contributed by atoms with E-state index in [2.05, 4.69) is 40.7 Å². The maximum Gasteiger partial charge on any atom is 0.335 e. The molecule has 10 heteroatoms. The van der Waals surface area contributed by atoms with Gasteiger partial charge >= 0.3 is 11.9 Å². The van der Waals surface area contributed by atoms with Crippen molar-refractivity contribution in [2.45, 2.75) is 143 Å². The number of hydrogen-bond acceptors (Lipinski definition) is 8. The lowest BCUT2D eigenvalue weighted by Crippen LogP contribution is -2.67. The minimum absolute atomic E-state index is 0.0352. The number of aliphatic carboxylic acids is 2. The van der Waals surface area contributed by atoms with Gasteiger partial charge in [-0.25, -0.2) is 4.79 Å². The molecule has 0 aromatic carbocycles. The van der Waals surface area contributed by atoms with Crippen LogP contribution in [-0.4, -0.2) is 86.0 Å². The van der Waals surface area contributed by atoms with E-state index in [1.807, 2.05) is 6.92 Å². The molecule has 5 fully saturated rings. The lowest BCUT2D eigenvalue weighted by Gasteiger charge is -2.71. The van der Waals surface area contributed by atoms with Crippen LogP contribution in [0.5, 0.6) is 0 Å². The van der Waals surface area contributed by atoms with Gasteiger partial charge in [-0.05, 0) is 104 Å². The highest BCUT2D eigenvalue weighted by molar-refractivity contribution is 5.76. The summed E-state index contributed by atoms with van der Waals surface area (Å²) in [6, 6.07) is 0. The summed E-state index contributed by atoms with van der Waals surface area (Å²) in [7, 11) is 0. The number of carbonyl (C=O) groups is 2. The summed E-state index contributed by atoms with van der Waals surface area (Å²) >= 11 is 0. The first kappa shape index (κ1) is 34.3. The Balaban J connectivity index is 1.31. The molecule has 10 nitrogen and oxygen atoms in total. The molecule has 0 aromatic heterocycles. The van der Waals surface area contributed by atoms with Crippen molar-refractivity contribution in [3.63, 3.8) is 0 Å². The second-order valence-electron chi connectivity index (χ2n) is 17.7. The Morgan fingerprint density at radius 3 is 2.17 bits per heavy atom. The molecule has 4 saturated carbocycles. The fourth-order valence-electron chi connectivity index (χ4n) is 12.2. The van der Waals surface area contributed by atoms with Crippen LogP contribution in [0.4, 0.5) is 0 Å². The van der Waals surface area contributed by atoms with Crippen LogP contribution in [0.25, 0.3) is 0 Å². The van der Waals surface area contributed by atoms with Crippen molar-refractivity contribution in [3.8, 4) is 0 Å². The molecular formula is C36H56O10. The average Bonchev–Trinajstić information content (AvgIpc) is 2.98. The second-order valence-corrected chi connectivity index (χ2v) is 17.7. The fourth-order valence-corrected chi connectivity index (χ4v) is 12.2. The average molecular weight is 649 g/mol. The van der Waals surface area contributed by atoms with E-state index in [4.69, 9.17) is 9.47 Å². The highest BCUT2D eigenvalue weighted by atomic mass is 16.7. The highest BCUT2D eigenvalue weighted by Crippen LogP contribution is 2.76. The maximum absolute atomic E-state index is 12.9. The van der Waals surface area contributed by atoms with Crippen LogP contribution in [0.15, 0.2) is 11.6 Å². The molecule has 6 N–H and O–H groups in total. The fraction of sp³-hybridized carbons (Fsp3) is 0.889. The predicted molar refractivity (Wildman–Crippen MR) is 167 cm³/mol. The molecule has 0 aromatic rings. The molecule has 14 atom stereocenters. The Hall–Kier alpha value is -1.56. The van der Waals surface area contributed by atoms with Crippen molar-refractivity contribution in [1.82, 2.24) is 0 Å². The molecule has 260 valence electrons. The zero-order chi connectivity index (χ0) is 33.8. The Morgan fingerprint density at radius 2 is 1.54 bits per heavy atom. The van der Waals surface area contributed by atoms with E-state index in [0.29, 0.717) is 18.8 Å². The molecule has 0 radical (unpaired) electrons. The first-order chi connectivity index (χ1) is 21.3. The van der Waals surface area contributed by atoms with Gasteiger partial charge in [-0.2, -0.15) is 0 Å². The van der Waals surface area contributed by atoms with Crippen LogP contribution in [0, 0.1) is 50.2 Å². The molecule has 46 heavy (non-hydrogen) atoms. The van der Waals surface area contributed by atoms with Crippen LogP contribution < -0.4 is 0 Å². The molecule has 5 aliphatic carbocycles. The Bertz CT molecular complexity index is 1280. The predicted octanol–water partition coefficient (Wildman–Crippen LogP) is 4.12. The summed E-state index contributed by atoms with van der Waals surface area (Å²) in [5, 5.41) is 62.4. The summed E-state index contributed by atoms with van der Waals surface area (Å²) in [5.41, 5.74) is -0.309. The molecule has 6 aliphatic rings. The third-order valence-corrected chi connectivity index (χ3v) is 15.3. The van der Waals surface area contributed by atoms with Gasteiger partial charge in [0.15, 0.2) is 12.4 Å². The summed E-state index contributed by atoms with van der Waals surface area (Å²) in [5.74, 6) is -1.70. The number of carboxylic acid groups (broad SMARTS) is 2. The van der Waals surface area contributed by atoms with E-state index >= 15 is 0 Å². The summed E-state index contributed by atoms with van der Waals surface area (Å²) in [6.07, 6.45) is 1.53. The van der Waals surface area contributed by atoms with Crippen molar-refractivity contribution in [1.29, 1.82) is 0 Å².